The third-order valence-corrected chi connectivity index (χ3v) is 8.51. The maximum Gasteiger partial charge on any atom is 0.264 e. The van der Waals surface area contributed by atoms with Crippen molar-refractivity contribution in [1.82, 2.24) is 10.2 Å². The summed E-state index contributed by atoms with van der Waals surface area (Å²) >= 11 is 5.96. The van der Waals surface area contributed by atoms with E-state index in [1.807, 2.05) is 20.8 Å². The summed E-state index contributed by atoms with van der Waals surface area (Å²) in [5.41, 5.74) is 1.38. The van der Waals surface area contributed by atoms with E-state index in [9.17, 15) is 22.4 Å². The first-order chi connectivity index (χ1) is 18.4. The van der Waals surface area contributed by atoms with Gasteiger partial charge in [-0.3, -0.25) is 13.9 Å². The standard InChI is InChI=1S/C29H33ClFN3O4S/c1-5-21(3)32-29(36)22(4)33(18-23-8-6-7-9-27(23)31)28(35)19-34(25-14-10-20(2)11-15-25)39(37,38)26-16-12-24(30)13-17-26/h6-17,21-22H,5,18-19H2,1-4H3,(H,32,36)/t21-,22+/m0/s1. The molecule has 1 N–H and O–H groups in total. The van der Waals surface area contributed by atoms with E-state index in [4.69, 9.17) is 11.6 Å². The van der Waals surface area contributed by atoms with Crippen LogP contribution in [-0.2, 0) is 26.2 Å². The Hall–Kier alpha value is -3.43. The highest BCUT2D eigenvalue weighted by Crippen LogP contribution is 2.26. The monoisotopic (exact) mass is 573 g/mol. The van der Waals surface area contributed by atoms with Crippen molar-refractivity contribution in [2.45, 2.75) is 57.6 Å². The van der Waals surface area contributed by atoms with Crippen molar-refractivity contribution in [3.63, 3.8) is 0 Å². The first-order valence-corrected chi connectivity index (χ1v) is 14.4. The first kappa shape index (κ1) is 30.1. The molecule has 3 rings (SSSR count). The van der Waals surface area contributed by atoms with Crippen LogP contribution in [0.15, 0.2) is 77.7 Å². The minimum Gasteiger partial charge on any atom is -0.352 e. The summed E-state index contributed by atoms with van der Waals surface area (Å²) in [6, 6.07) is 17.2. The van der Waals surface area contributed by atoms with E-state index in [1.54, 1.807) is 37.3 Å². The van der Waals surface area contributed by atoms with Crippen molar-refractivity contribution >= 4 is 39.1 Å². The number of halogens is 2. The van der Waals surface area contributed by atoms with Crippen molar-refractivity contribution in [3.05, 3.63) is 94.8 Å². The van der Waals surface area contributed by atoms with Crippen LogP contribution in [0.4, 0.5) is 10.1 Å². The molecule has 0 spiro atoms. The van der Waals surface area contributed by atoms with E-state index in [-0.39, 0.29) is 28.7 Å². The van der Waals surface area contributed by atoms with Crippen LogP contribution in [0.5, 0.6) is 0 Å². The Bertz CT molecular complexity index is 1400. The van der Waals surface area contributed by atoms with Crippen LogP contribution < -0.4 is 9.62 Å². The maximum atomic E-state index is 14.6. The lowest BCUT2D eigenvalue weighted by Crippen LogP contribution is -2.52. The molecule has 10 heteroatoms. The summed E-state index contributed by atoms with van der Waals surface area (Å²) in [6.45, 7) is 6.33. The van der Waals surface area contributed by atoms with Crippen molar-refractivity contribution in [1.29, 1.82) is 0 Å². The SMILES string of the molecule is CC[C@H](C)NC(=O)[C@@H](C)N(Cc1ccccc1F)C(=O)CN(c1ccc(C)cc1)S(=O)(=O)c1ccc(Cl)cc1. The highest BCUT2D eigenvalue weighted by Gasteiger charge is 2.33. The van der Waals surface area contributed by atoms with E-state index < -0.39 is 40.2 Å². The van der Waals surface area contributed by atoms with E-state index in [1.165, 1.54) is 47.4 Å². The molecule has 3 aromatic rings. The number of carbonyl (C=O) groups excluding carboxylic acids is 2. The fraction of sp³-hybridized carbons (Fsp3) is 0.310. The van der Waals surface area contributed by atoms with Gasteiger partial charge in [-0.25, -0.2) is 12.8 Å². The second kappa shape index (κ2) is 13.1. The molecule has 0 saturated carbocycles. The molecule has 0 aromatic heterocycles. The van der Waals surface area contributed by atoms with Gasteiger partial charge in [-0.1, -0.05) is 54.4 Å². The molecular formula is C29H33ClFN3O4S. The smallest absolute Gasteiger partial charge is 0.264 e. The predicted molar refractivity (Wildman–Crippen MR) is 151 cm³/mol. The van der Waals surface area contributed by atoms with Crippen molar-refractivity contribution in [3.8, 4) is 0 Å². The Labute approximate surface area is 234 Å². The molecule has 0 unspecified atom stereocenters. The number of hydrogen-bond acceptors (Lipinski definition) is 4. The number of aryl methyl sites for hydroxylation is 1. The second-order valence-corrected chi connectivity index (χ2v) is 11.7. The summed E-state index contributed by atoms with van der Waals surface area (Å²) in [7, 11) is -4.21. The van der Waals surface area contributed by atoms with Gasteiger partial charge in [0.25, 0.3) is 10.0 Å². The van der Waals surface area contributed by atoms with Gasteiger partial charge in [0.1, 0.15) is 18.4 Å². The van der Waals surface area contributed by atoms with Gasteiger partial charge >= 0.3 is 0 Å². The molecule has 0 bridgehead atoms. The second-order valence-electron chi connectivity index (χ2n) is 9.41. The number of sulfonamides is 1. The van der Waals surface area contributed by atoms with Gasteiger partial charge in [-0.2, -0.15) is 0 Å². The van der Waals surface area contributed by atoms with Crippen LogP contribution in [0.25, 0.3) is 0 Å². The fourth-order valence-corrected chi connectivity index (χ4v) is 5.37. The molecule has 0 aliphatic rings. The van der Waals surface area contributed by atoms with Crippen LogP contribution in [0, 0.1) is 12.7 Å². The van der Waals surface area contributed by atoms with Crippen LogP contribution in [0.1, 0.15) is 38.3 Å². The Morgan fingerprint density at radius 1 is 0.974 bits per heavy atom. The Morgan fingerprint density at radius 2 is 1.59 bits per heavy atom. The minimum atomic E-state index is -4.21. The van der Waals surface area contributed by atoms with Crippen LogP contribution in [-0.4, -0.2) is 43.8 Å². The topological polar surface area (TPSA) is 86.8 Å². The van der Waals surface area contributed by atoms with E-state index in [0.29, 0.717) is 11.4 Å². The number of carbonyl (C=O) groups is 2. The number of nitrogens with zero attached hydrogens (tertiary/aromatic N) is 2. The molecule has 208 valence electrons. The number of hydrogen-bond donors (Lipinski definition) is 1. The number of amides is 2. The van der Waals surface area contributed by atoms with Gasteiger partial charge in [-0.05, 0) is 69.7 Å². The zero-order chi connectivity index (χ0) is 28.7. The summed E-state index contributed by atoms with van der Waals surface area (Å²) in [6.07, 6.45) is 0.681. The molecule has 7 nitrogen and oxygen atoms in total. The molecule has 0 aliphatic heterocycles. The molecule has 0 fully saturated rings. The molecule has 0 saturated heterocycles. The molecule has 0 heterocycles. The van der Waals surface area contributed by atoms with Gasteiger partial charge in [0.2, 0.25) is 11.8 Å². The number of anilines is 1. The van der Waals surface area contributed by atoms with Crippen LogP contribution in [0.3, 0.4) is 0 Å². The van der Waals surface area contributed by atoms with E-state index in [2.05, 4.69) is 5.32 Å². The third-order valence-electron chi connectivity index (χ3n) is 6.47. The number of nitrogens with one attached hydrogen (secondary N) is 1. The molecule has 3 aromatic carbocycles. The van der Waals surface area contributed by atoms with E-state index >= 15 is 0 Å². The normalized spacial score (nSPS) is 12.9. The highest BCUT2D eigenvalue weighted by molar-refractivity contribution is 7.92. The fourth-order valence-electron chi connectivity index (χ4n) is 3.83. The summed E-state index contributed by atoms with van der Waals surface area (Å²) in [5, 5.41) is 3.21. The van der Waals surface area contributed by atoms with Crippen LogP contribution in [0.2, 0.25) is 5.02 Å². The van der Waals surface area contributed by atoms with Gasteiger partial charge in [0, 0.05) is 23.2 Å². The quantitative estimate of drug-likeness (QED) is 0.337. The molecular weight excluding hydrogens is 541 g/mol. The largest absolute Gasteiger partial charge is 0.352 e. The Kier molecular flexibility index (Phi) is 10.1. The first-order valence-electron chi connectivity index (χ1n) is 12.6. The number of rotatable bonds is 11. The molecule has 2 amide bonds. The lowest BCUT2D eigenvalue weighted by Gasteiger charge is -2.32. The Morgan fingerprint density at radius 3 is 2.18 bits per heavy atom. The Balaban J connectivity index is 2.03. The van der Waals surface area contributed by atoms with Crippen LogP contribution >= 0.6 is 11.6 Å². The average molecular weight is 574 g/mol. The molecule has 0 aliphatic carbocycles. The van der Waals surface area contributed by atoms with Gasteiger partial charge in [-0.15, -0.1) is 0 Å². The molecule has 39 heavy (non-hydrogen) atoms. The van der Waals surface area contributed by atoms with E-state index in [0.717, 1.165) is 9.87 Å². The third kappa shape index (κ3) is 7.58. The summed E-state index contributed by atoms with van der Waals surface area (Å²) in [5.74, 6) is -1.62. The summed E-state index contributed by atoms with van der Waals surface area (Å²) < 4.78 is 43.1. The van der Waals surface area contributed by atoms with Gasteiger partial charge in [0.05, 0.1) is 10.6 Å². The molecule has 0 radical (unpaired) electrons. The average Bonchev–Trinajstić information content (AvgIpc) is 2.91. The molecule has 2 atom stereocenters. The number of benzene rings is 3. The van der Waals surface area contributed by atoms with Gasteiger partial charge < -0.3 is 10.2 Å². The minimum absolute atomic E-state index is 0.0523. The highest BCUT2D eigenvalue weighted by atomic mass is 35.5. The van der Waals surface area contributed by atoms with Gasteiger partial charge in [0.15, 0.2) is 0 Å². The predicted octanol–water partition coefficient (Wildman–Crippen LogP) is 5.31. The summed E-state index contributed by atoms with van der Waals surface area (Å²) in [4.78, 5) is 28.0. The lowest BCUT2D eigenvalue weighted by atomic mass is 10.1. The van der Waals surface area contributed by atoms with Crippen molar-refractivity contribution < 1.29 is 22.4 Å². The van der Waals surface area contributed by atoms with Crippen molar-refractivity contribution in [2.75, 3.05) is 10.8 Å². The maximum absolute atomic E-state index is 14.6. The zero-order valence-corrected chi connectivity index (χ0v) is 24.0. The van der Waals surface area contributed by atoms with Crippen molar-refractivity contribution in [2.24, 2.45) is 0 Å². The zero-order valence-electron chi connectivity index (χ0n) is 22.4. The lowest BCUT2D eigenvalue weighted by molar-refractivity contribution is -0.139.